The molecule has 0 heterocycles. The first-order chi connectivity index (χ1) is 6.02. The number of rotatable bonds is 2. The summed E-state index contributed by atoms with van der Waals surface area (Å²) in [6.45, 7) is 1.46. The Hall–Kier alpha value is -1.13. The van der Waals surface area contributed by atoms with Gasteiger partial charge in [-0.3, -0.25) is 10.1 Å². The van der Waals surface area contributed by atoms with E-state index in [1.807, 2.05) is 0 Å². The average Bonchev–Trinajstić information content (AvgIpc) is 2.03. The van der Waals surface area contributed by atoms with Crippen molar-refractivity contribution >= 4 is 17.3 Å². The predicted molar refractivity (Wildman–Crippen MR) is 48.7 cm³/mol. The number of aliphatic hydroxyl groups excluding tert-OH is 1. The zero-order valence-corrected chi connectivity index (χ0v) is 7.65. The van der Waals surface area contributed by atoms with Crippen molar-refractivity contribution in [2.24, 2.45) is 0 Å². The Labute approximate surface area is 79.9 Å². The maximum Gasteiger partial charge on any atom is 0.275 e. The summed E-state index contributed by atoms with van der Waals surface area (Å²) in [4.78, 5) is 9.95. The first kappa shape index (κ1) is 9.95. The van der Waals surface area contributed by atoms with E-state index in [2.05, 4.69) is 0 Å². The van der Waals surface area contributed by atoms with E-state index in [0.29, 0.717) is 5.02 Å². The third-order valence-electron chi connectivity index (χ3n) is 1.64. The molecular formula is C8H8ClNO3. The first-order valence-electron chi connectivity index (χ1n) is 3.64. The quantitative estimate of drug-likeness (QED) is 0.590. The van der Waals surface area contributed by atoms with E-state index in [9.17, 15) is 15.2 Å². The van der Waals surface area contributed by atoms with Gasteiger partial charge in [0.25, 0.3) is 5.69 Å². The molecule has 70 valence electrons. The minimum Gasteiger partial charge on any atom is -0.388 e. The van der Waals surface area contributed by atoms with Gasteiger partial charge in [0.2, 0.25) is 0 Å². The van der Waals surface area contributed by atoms with Crippen LogP contribution < -0.4 is 0 Å². The molecule has 4 nitrogen and oxygen atoms in total. The second kappa shape index (κ2) is 3.72. The number of aliphatic hydroxyl groups is 1. The lowest BCUT2D eigenvalue weighted by Crippen LogP contribution is -1.98. The summed E-state index contributed by atoms with van der Waals surface area (Å²) < 4.78 is 0. The van der Waals surface area contributed by atoms with E-state index < -0.39 is 11.0 Å². The van der Waals surface area contributed by atoms with Gasteiger partial charge in [-0.2, -0.15) is 0 Å². The van der Waals surface area contributed by atoms with E-state index in [-0.39, 0.29) is 11.3 Å². The summed E-state index contributed by atoms with van der Waals surface area (Å²) in [6.07, 6.45) is -0.890. The third-order valence-corrected chi connectivity index (χ3v) is 1.87. The summed E-state index contributed by atoms with van der Waals surface area (Å²) in [5.41, 5.74) is 0.122. The molecule has 0 saturated carbocycles. The maximum absolute atomic E-state index is 10.5. The van der Waals surface area contributed by atoms with Gasteiger partial charge in [-0.05, 0) is 19.1 Å². The van der Waals surface area contributed by atoms with Crippen LogP contribution >= 0.6 is 11.6 Å². The van der Waals surface area contributed by atoms with Crippen LogP contribution in [0.3, 0.4) is 0 Å². The van der Waals surface area contributed by atoms with Gasteiger partial charge in [0.15, 0.2) is 0 Å². The molecule has 0 amide bonds. The number of hydrogen-bond acceptors (Lipinski definition) is 3. The van der Waals surface area contributed by atoms with Crippen molar-refractivity contribution in [3.63, 3.8) is 0 Å². The van der Waals surface area contributed by atoms with Crippen molar-refractivity contribution in [3.05, 3.63) is 38.9 Å². The van der Waals surface area contributed by atoms with Gasteiger partial charge >= 0.3 is 0 Å². The van der Waals surface area contributed by atoms with E-state index in [1.54, 1.807) is 0 Å². The molecule has 0 aromatic heterocycles. The molecule has 0 bridgehead atoms. The lowest BCUT2D eigenvalue weighted by molar-refractivity contribution is -0.386. The van der Waals surface area contributed by atoms with Crippen LogP contribution in [0.1, 0.15) is 18.6 Å². The van der Waals surface area contributed by atoms with Crippen molar-refractivity contribution < 1.29 is 10.0 Å². The first-order valence-corrected chi connectivity index (χ1v) is 4.02. The smallest absolute Gasteiger partial charge is 0.275 e. The molecule has 0 spiro atoms. The Morgan fingerprint density at radius 1 is 1.62 bits per heavy atom. The van der Waals surface area contributed by atoms with Crippen LogP contribution in [0.4, 0.5) is 5.69 Å². The second-order valence-corrected chi connectivity index (χ2v) is 3.07. The number of hydrogen-bond donors (Lipinski definition) is 1. The van der Waals surface area contributed by atoms with Crippen molar-refractivity contribution in [1.82, 2.24) is 0 Å². The van der Waals surface area contributed by atoms with Crippen LogP contribution in [-0.4, -0.2) is 10.0 Å². The van der Waals surface area contributed by atoms with Crippen LogP contribution in [0.25, 0.3) is 0 Å². The summed E-state index contributed by atoms with van der Waals surface area (Å²) in [6, 6.07) is 4.10. The normalized spacial score (nSPS) is 12.5. The Kier molecular flexibility index (Phi) is 2.85. The monoisotopic (exact) mass is 201 g/mol. The van der Waals surface area contributed by atoms with E-state index in [1.165, 1.54) is 25.1 Å². The molecule has 1 aromatic carbocycles. The molecule has 0 aliphatic heterocycles. The SMILES string of the molecule is C[C@@H](O)c1cc(Cl)ccc1[N+](=O)[O-]. The topological polar surface area (TPSA) is 63.4 Å². The van der Waals surface area contributed by atoms with Gasteiger partial charge in [-0.15, -0.1) is 0 Å². The largest absolute Gasteiger partial charge is 0.388 e. The Morgan fingerprint density at radius 3 is 2.69 bits per heavy atom. The van der Waals surface area contributed by atoms with Gasteiger partial charge in [0.05, 0.1) is 16.6 Å². The van der Waals surface area contributed by atoms with Gasteiger partial charge in [0.1, 0.15) is 0 Å². The highest BCUT2D eigenvalue weighted by atomic mass is 35.5. The molecule has 0 unspecified atom stereocenters. The van der Waals surface area contributed by atoms with Crippen LogP contribution in [0.2, 0.25) is 5.02 Å². The Balaban J connectivity index is 3.26. The van der Waals surface area contributed by atoms with Crippen LogP contribution in [-0.2, 0) is 0 Å². The van der Waals surface area contributed by atoms with Gasteiger partial charge in [0, 0.05) is 11.1 Å². The van der Waals surface area contributed by atoms with E-state index in [4.69, 9.17) is 11.6 Å². The fraction of sp³-hybridized carbons (Fsp3) is 0.250. The summed E-state index contributed by atoms with van der Waals surface area (Å²) in [5, 5.41) is 20.1. The van der Waals surface area contributed by atoms with Crippen molar-refractivity contribution in [3.8, 4) is 0 Å². The summed E-state index contributed by atoms with van der Waals surface area (Å²) in [7, 11) is 0. The number of nitrogens with zero attached hydrogens (tertiary/aromatic N) is 1. The summed E-state index contributed by atoms with van der Waals surface area (Å²) in [5.74, 6) is 0. The lowest BCUT2D eigenvalue weighted by Gasteiger charge is -2.05. The van der Waals surface area contributed by atoms with Crippen molar-refractivity contribution in [2.45, 2.75) is 13.0 Å². The van der Waals surface area contributed by atoms with Gasteiger partial charge in [-0.25, -0.2) is 0 Å². The van der Waals surface area contributed by atoms with Crippen molar-refractivity contribution in [1.29, 1.82) is 0 Å². The fourth-order valence-electron chi connectivity index (χ4n) is 1.03. The van der Waals surface area contributed by atoms with Crippen LogP contribution in [0.5, 0.6) is 0 Å². The minimum atomic E-state index is -0.890. The molecular weight excluding hydrogens is 194 g/mol. The van der Waals surface area contributed by atoms with Gasteiger partial charge < -0.3 is 5.11 Å². The number of nitro groups is 1. The Bertz CT molecular complexity index is 338. The van der Waals surface area contributed by atoms with Crippen LogP contribution in [0.15, 0.2) is 18.2 Å². The average molecular weight is 202 g/mol. The van der Waals surface area contributed by atoms with Crippen molar-refractivity contribution in [2.75, 3.05) is 0 Å². The molecule has 0 aliphatic rings. The minimum absolute atomic E-state index is 0.112. The lowest BCUT2D eigenvalue weighted by atomic mass is 10.1. The molecule has 0 saturated heterocycles. The van der Waals surface area contributed by atoms with Crippen LogP contribution in [0, 0.1) is 10.1 Å². The predicted octanol–water partition coefficient (Wildman–Crippen LogP) is 2.30. The molecule has 1 aromatic rings. The molecule has 5 heteroatoms. The molecule has 1 N–H and O–H groups in total. The molecule has 0 fully saturated rings. The second-order valence-electron chi connectivity index (χ2n) is 2.64. The van der Waals surface area contributed by atoms with E-state index in [0.717, 1.165) is 0 Å². The fourth-order valence-corrected chi connectivity index (χ4v) is 1.21. The zero-order valence-electron chi connectivity index (χ0n) is 6.90. The summed E-state index contributed by atoms with van der Waals surface area (Å²) >= 11 is 5.63. The number of benzene rings is 1. The maximum atomic E-state index is 10.5. The highest BCUT2D eigenvalue weighted by Crippen LogP contribution is 2.27. The highest BCUT2D eigenvalue weighted by Gasteiger charge is 2.17. The number of nitro benzene ring substituents is 1. The third kappa shape index (κ3) is 2.17. The molecule has 0 aliphatic carbocycles. The zero-order chi connectivity index (χ0) is 10.0. The number of halogens is 1. The molecule has 1 rings (SSSR count). The standard InChI is InChI=1S/C8H8ClNO3/c1-5(11)7-4-6(9)2-3-8(7)10(12)13/h2-5,11H,1H3/t5-/m1/s1. The molecule has 13 heavy (non-hydrogen) atoms. The molecule has 1 atom stereocenters. The van der Waals surface area contributed by atoms with Gasteiger partial charge in [-0.1, -0.05) is 11.6 Å². The molecule has 0 radical (unpaired) electrons. The highest BCUT2D eigenvalue weighted by molar-refractivity contribution is 6.30. The Morgan fingerprint density at radius 2 is 2.23 bits per heavy atom. The van der Waals surface area contributed by atoms with E-state index >= 15 is 0 Å².